The SMILES string of the molecule is CON(C)C(=O)C(CC1=CCCC=C1)NC(=O)OC(C)(C)C. The smallest absolute Gasteiger partial charge is 0.408 e. The molecule has 1 unspecified atom stereocenters. The third kappa shape index (κ3) is 6.30. The van der Waals surface area contributed by atoms with Crippen LogP contribution in [0.3, 0.4) is 0 Å². The minimum absolute atomic E-state index is 0.326. The summed E-state index contributed by atoms with van der Waals surface area (Å²) in [6.45, 7) is 5.32. The number of carbonyl (C=O) groups excluding carboxylic acids is 2. The van der Waals surface area contributed by atoms with E-state index in [1.165, 1.54) is 14.2 Å². The van der Waals surface area contributed by atoms with Gasteiger partial charge in [-0.3, -0.25) is 9.63 Å². The minimum atomic E-state index is -0.728. The van der Waals surface area contributed by atoms with Crippen molar-refractivity contribution in [2.45, 2.75) is 51.7 Å². The molecule has 0 bridgehead atoms. The molecule has 1 N–H and O–H groups in total. The highest BCUT2D eigenvalue weighted by molar-refractivity contribution is 5.85. The molecule has 0 radical (unpaired) electrons. The molecule has 6 nitrogen and oxygen atoms in total. The fourth-order valence-corrected chi connectivity index (χ4v) is 2.01. The van der Waals surface area contributed by atoms with E-state index in [-0.39, 0.29) is 5.91 Å². The highest BCUT2D eigenvalue weighted by Crippen LogP contribution is 2.16. The highest BCUT2D eigenvalue weighted by Gasteiger charge is 2.27. The number of hydrogen-bond acceptors (Lipinski definition) is 4. The Morgan fingerprint density at radius 3 is 2.55 bits per heavy atom. The number of rotatable bonds is 5. The number of amides is 2. The number of allylic oxidation sites excluding steroid dienone is 3. The third-order valence-corrected chi connectivity index (χ3v) is 3.08. The van der Waals surface area contributed by atoms with Crippen molar-refractivity contribution in [2.75, 3.05) is 14.2 Å². The number of hydrogen-bond donors (Lipinski definition) is 1. The van der Waals surface area contributed by atoms with E-state index in [1.54, 1.807) is 20.8 Å². The van der Waals surface area contributed by atoms with E-state index in [2.05, 4.69) is 17.5 Å². The second kappa shape index (κ2) is 7.98. The first-order valence-corrected chi connectivity index (χ1v) is 7.39. The predicted molar refractivity (Wildman–Crippen MR) is 84.0 cm³/mol. The van der Waals surface area contributed by atoms with Crippen LogP contribution in [0.25, 0.3) is 0 Å². The van der Waals surface area contributed by atoms with E-state index in [0.717, 1.165) is 23.5 Å². The van der Waals surface area contributed by atoms with E-state index < -0.39 is 17.7 Å². The molecule has 0 aromatic heterocycles. The van der Waals surface area contributed by atoms with Crippen molar-refractivity contribution in [1.29, 1.82) is 0 Å². The van der Waals surface area contributed by atoms with Gasteiger partial charge in [0.1, 0.15) is 11.6 Å². The van der Waals surface area contributed by atoms with Crippen molar-refractivity contribution in [3.05, 3.63) is 23.8 Å². The number of hydroxylamine groups is 2. The largest absolute Gasteiger partial charge is 0.444 e. The molecule has 1 aliphatic carbocycles. The van der Waals surface area contributed by atoms with E-state index in [1.807, 2.05) is 6.08 Å². The molecule has 1 aliphatic rings. The molecule has 6 heteroatoms. The first kappa shape index (κ1) is 18.2. The Morgan fingerprint density at radius 2 is 2.05 bits per heavy atom. The Bertz CT molecular complexity index is 463. The Balaban J connectivity index is 2.77. The number of carbonyl (C=O) groups is 2. The van der Waals surface area contributed by atoms with Gasteiger partial charge in [-0.25, -0.2) is 9.86 Å². The summed E-state index contributed by atoms with van der Waals surface area (Å²) in [5.74, 6) is -0.326. The lowest BCUT2D eigenvalue weighted by Crippen LogP contribution is -2.48. The summed E-state index contributed by atoms with van der Waals surface area (Å²) in [7, 11) is 2.92. The minimum Gasteiger partial charge on any atom is -0.444 e. The van der Waals surface area contributed by atoms with Gasteiger partial charge in [-0.2, -0.15) is 0 Å². The predicted octanol–water partition coefficient (Wildman–Crippen LogP) is 2.57. The van der Waals surface area contributed by atoms with Crippen LogP contribution in [0, 0.1) is 0 Å². The third-order valence-electron chi connectivity index (χ3n) is 3.08. The van der Waals surface area contributed by atoms with Crippen molar-refractivity contribution < 1.29 is 19.2 Å². The molecular weight excluding hydrogens is 284 g/mol. The molecule has 0 heterocycles. The van der Waals surface area contributed by atoms with Crippen molar-refractivity contribution in [3.8, 4) is 0 Å². The van der Waals surface area contributed by atoms with E-state index in [9.17, 15) is 9.59 Å². The summed E-state index contributed by atoms with van der Waals surface area (Å²) in [6, 6.07) is -0.728. The fourth-order valence-electron chi connectivity index (χ4n) is 2.01. The molecule has 0 fully saturated rings. The number of nitrogens with one attached hydrogen (secondary N) is 1. The topological polar surface area (TPSA) is 67.9 Å². The summed E-state index contributed by atoms with van der Waals surface area (Å²) in [5, 5.41) is 3.74. The summed E-state index contributed by atoms with van der Waals surface area (Å²) in [4.78, 5) is 29.2. The molecule has 1 rings (SSSR count). The summed E-state index contributed by atoms with van der Waals surface area (Å²) < 4.78 is 5.22. The summed E-state index contributed by atoms with van der Waals surface area (Å²) >= 11 is 0. The van der Waals surface area contributed by atoms with Gasteiger partial charge >= 0.3 is 6.09 Å². The first-order valence-electron chi connectivity index (χ1n) is 7.39. The molecule has 0 spiro atoms. The maximum atomic E-state index is 12.3. The highest BCUT2D eigenvalue weighted by atomic mass is 16.7. The number of alkyl carbamates (subject to hydrolysis) is 1. The first-order chi connectivity index (χ1) is 10.2. The van der Waals surface area contributed by atoms with Crippen molar-refractivity contribution >= 4 is 12.0 Å². The number of likely N-dealkylation sites (N-methyl/N-ethyl adjacent to an activating group) is 1. The van der Waals surface area contributed by atoms with Gasteiger partial charge in [0, 0.05) is 13.5 Å². The van der Waals surface area contributed by atoms with Gasteiger partial charge in [-0.1, -0.05) is 18.2 Å². The lowest BCUT2D eigenvalue weighted by Gasteiger charge is -2.26. The summed E-state index contributed by atoms with van der Waals surface area (Å²) in [6.07, 6.45) is 7.85. The number of nitrogens with zero attached hydrogens (tertiary/aromatic N) is 1. The average Bonchev–Trinajstić information content (AvgIpc) is 2.44. The second-order valence-electron chi connectivity index (χ2n) is 6.18. The standard InChI is InChI=1S/C16H26N2O4/c1-16(2,3)22-15(20)17-13(14(19)18(4)21-5)11-12-9-7-6-8-10-12/h7,9-10,13H,6,8,11H2,1-5H3,(H,17,20). The zero-order valence-corrected chi connectivity index (χ0v) is 14.0. The zero-order valence-electron chi connectivity index (χ0n) is 14.0. The van der Waals surface area contributed by atoms with Gasteiger partial charge in [-0.15, -0.1) is 0 Å². The normalized spacial score (nSPS) is 15.8. The zero-order chi connectivity index (χ0) is 16.8. The van der Waals surface area contributed by atoms with Crippen LogP contribution in [0.15, 0.2) is 23.8 Å². The molecule has 22 heavy (non-hydrogen) atoms. The van der Waals surface area contributed by atoms with Gasteiger partial charge in [0.15, 0.2) is 0 Å². The Kier molecular flexibility index (Phi) is 6.61. The van der Waals surface area contributed by atoms with Crippen LogP contribution in [0.1, 0.15) is 40.0 Å². The molecular formula is C16H26N2O4. The average molecular weight is 310 g/mol. The number of ether oxygens (including phenoxy) is 1. The van der Waals surface area contributed by atoms with Gasteiger partial charge in [0.2, 0.25) is 0 Å². The van der Waals surface area contributed by atoms with Crippen molar-refractivity contribution in [1.82, 2.24) is 10.4 Å². The Hall–Kier alpha value is -1.82. The van der Waals surface area contributed by atoms with Crippen LogP contribution < -0.4 is 5.32 Å². The molecule has 0 saturated carbocycles. The molecule has 0 aromatic rings. The molecule has 0 aromatic carbocycles. The van der Waals surface area contributed by atoms with E-state index in [4.69, 9.17) is 9.57 Å². The maximum Gasteiger partial charge on any atom is 0.408 e. The second-order valence-corrected chi connectivity index (χ2v) is 6.18. The van der Waals surface area contributed by atoms with Crippen LogP contribution in [0.4, 0.5) is 4.79 Å². The lowest BCUT2D eigenvalue weighted by atomic mass is 9.99. The van der Waals surface area contributed by atoms with E-state index >= 15 is 0 Å². The van der Waals surface area contributed by atoms with E-state index in [0.29, 0.717) is 6.42 Å². The molecule has 124 valence electrons. The van der Waals surface area contributed by atoms with Crippen LogP contribution in [0.2, 0.25) is 0 Å². The molecule has 0 aliphatic heterocycles. The maximum absolute atomic E-state index is 12.3. The Morgan fingerprint density at radius 1 is 1.36 bits per heavy atom. The van der Waals surface area contributed by atoms with Crippen LogP contribution >= 0.6 is 0 Å². The van der Waals surface area contributed by atoms with Crippen molar-refractivity contribution in [3.63, 3.8) is 0 Å². The Labute approximate surface area is 132 Å². The monoisotopic (exact) mass is 310 g/mol. The molecule has 1 atom stereocenters. The van der Waals surface area contributed by atoms with Gasteiger partial charge in [-0.05, 0) is 39.2 Å². The lowest BCUT2D eigenvalue weighted by molar-refractivity contribution is -0.170. The quantitative estimate of drug-likeness (QED) is 0.793. The van der Waals surface area contributed by atoms with Crippen LogP contribution in [0.5, 0.6) is 0 Å². The van der Waals surface area contributed by atoms with Crippen LogP contribution in [-0.2, 0) is 14.4 Å². The van der Waals surface area contributed by atoms with Gasteiger partial charge in [0.25, 0.3) is 5.91 Å². The van der Waals surface area contributed by atoms with Crippen molar-refractivity contribution in [2.24, 2.45) is 0 Å². The summed E-state index contributed by atoms with van der Waals surface area (Å²) in [5.41, 5.74) is 0.402. The van der Waals surface area contributed by atoms with Gasteiger partial charge in [0.05, 0.1) is 7.11 Å². The fraction of sp³-hybridized carbons (Fsp3) is 0.625. The molecule has 2 amide bonds. The van der Waals surface area contributed by atoms with Crippen LogP contribution in [-0.4, -0.2) is 42.9 Å². The van der Waals surface area contributed by atoms with Gasteiger partial charge < -0.3 is 10.1 Å². The molecule has 0 saturated heterocycles.